The number of nitrogens with two attached hydrogens (primary N) is 1. The van der Waals surface area contributed by atoms with Crippen molar-refractivity contribution in [2.24, 2.45) is 5.14 Å². The van der Waals surface area contributed by atoms with Crippen molar-refractivity contribution in [3.8, 4) is 0 Å². The van der Waals surface area contributed by atoms with Crippen molar-refractivity contribution in [2.45, 2.75) is 11.4 Å². The number of carbonyl (C=O) groups is 2. The van der Waals surface area contributed by atoms with E-state index in [0.717, 1.165) is 12.2 Å². The third-order valence-corrected chi connectivity index (χ3v) is 3.03. The van der Waals surface area contributed by atoms with Gasteiger partial charge in [0.05, 0.1) is 4.90 Å². The third-order valence-electron chi connectivity index (χ3n) is 2.10. The predicted octanol–water partition coefficient (Wildman–Crippen LogP) is -0.409. The zero-order valence-electron chi connectivity index (χ0n) is 9.74. The number of carboxylic acids is 1. The average Bonchev–Trinajstić information content (AvgIpc) is 2.33. The number of benzene rings is 1. The number of carboxylic acid groups (broad SMARTS) is 1. The van der Waals surface area contributed by atoms with Gasteiger partial charge in [0, 0.05) is 18.7 Å². The number of nitrogens with one attached hydrogen (secondary N) is 1. The van der Waals surface area contributed by atoms with Crippen molar-refractivity contribution < 1.29 is 23.1 Å². The summed E-state index contributed by atoms with van der Waals surface area (Å²) in [6, 6.07) is 5.65. The number of rotatable bonds is 5. The highest BCUT2D eigenvalue weighted by atomic mass is 32.2. The molecule has 1 aromatic rings. The summed E-state index contributed by atoms with van der Waals surface area (Å²) in [5, 5.41) is 15.7. The van der Waals surface area contributed by atoms with Crippen LogP contribution < -0.4 is 10.5 Å². The maximum absolute atomic E-state index is 11.2. The van der Waals surface area contributed by atoms with Crippen molar-refractivity contribution in [1.29, 1.82) is 0 Å². The second-order valence-corrected chi connectivity index (χ2v) is 5.14. The Morgan fingerprint density at radius 1 is 1.21 bits per heavy atom. The van der Waals surface area contributed by atoms with Crippen LogP contribution in [0.1, 0.15) is 5.56 Å². The van der Waals surface area contributed by atoms with Gasteiger partial charge in [-0.15, -0.1) is 0 Å². The number of sulfonamides is 1. The van der Waals surface area contributed by atoms with Crippen molar-refractivity contribution in [1.82, 2.24) is 5.32 Å². The van der Waals surface area contributed by atoms with E-state index in [1.807, 2.05) is 0 Å². The van der Waals surface area contributed by atoms with E-state index < -0.39 is 21.9 Å². The van der Waals surface area contributed by atoms with Crippen LogP contribution in [-0.2, 0) is 26.2 Å². The lowest BCUT2D eigenvalue weighted by Crippen LogP contribution is -2.20. The molecule has 1 rings (SSSR count). The largest absolute Gasteiger partial charge is 0.478 e. The summed E-state index contributed by atoms with van der Waals surface area (Å²) < 4.78 is 22.0. The summed E-state index contributed by atoms with van der Waals surface area (Å²) in [5.74, 6) is -1.77. The highest BCUT2D eigenvalue weighted by Crippen LogP contribution is 2.08. The number of hydrogen-bond donors (Lipinski definition) is 3. The summed E-state index contributed by atoms with van der Waals surface area (Å²) in [6.07, 6.45) is 1.61. The molecule has 0 fully saturated rings. The van der Waals surface area contributed by atoms with Crippen molar-refractivity contribution in [3.05, 3.63) is 42.0 Å². The van der Waals surface area contributed by atoms with E-state index in [-0.39, 0.29) is 11.4 Å². The van der Waals surface area contributed by atoms with Crippen LogP contribution in [-0.4, -0.2) is 25.4 Å². The Hall–Kier alpha value is -2.19. The summed E-state index contributed by atoms with van der Waals surface area (Å²) in [4.78, 5) is 21.3. The molecule has 102 valence electrons. The molecule has 7 nitrogen and oxygen atoms in total. The Bertz CT molecular complexity index is 604. The van der Waals surface area contributed by atoms with E-state index in [9.17, 15) is 18.0 Å². The SMILES string of the molecule is NS(=O)(=O)c1ccc(CNC(=O)/C=C\C(=O)O)cc1. The molecule has 0 heterocycles. The van der Waals surface area contributed by atoms with Crippen molar-refractivity contribution in [3.63, 3.8) is 0 Å². The van der Waals surface area contributed by atoms with E-state index in [2.05, 4.69) is 5.32 Å². The van der Waals surface area contributed by atoms with Crippen LogP contribution in [0.5, 0.6) is 0 Å². The van der Waals surface area contributed by atoms with Gasteiger partial charge in [-0.1, -0.05) is 12.1 Å². The first kappa shape index (κ1) is 14.9. The topological polar surface area (TPSA) is 127 Å². The van der Waals surface area contributed by atoms with Crippen LogP contribution in [0.3, 0.4) is 0 Å². The van der Waals surface area contributed by atoms with Crippen LogP contribution in [0.4, 0.5) is 0 Å². The molecule has 0 spiro atoms. The lowest BCUT2D eigenvalue weighted by atomic mass is 10.2. The molecular formula is C11H12N2O5S. The smallest absolute Gasteiger partial charge is 0.328 e. The van der Waals surface area contributed by atoms with Gasteiger partial charge in [-0.25, -0.2) is 18.4 Å². The highest BCUT2D eigenvalue weighted by Gasteiger charge is 2.06. The molecule has 0 aliphatic heterocycles. The van der Waals surface area contributed by atoms with Crippen LogP contribution >= 0.6 is 0 Å². The molecule has 0 aliphatic rings. The van der Waals surface area contributed by atoms with Gasteiger partial charge in [-0.3, -0.25) is 4.79 Å². The third kappa shape index (κ3) is 5.32. The summed E-state index contributed by atoms with van der Waals surface area (Å²) in [5.41, 5.74) is 0.657. The minimum absolute atomic E-state index is 0.0200. The van der Waals surface area contributed by atoms with E-state index >= 15 is 0 Å². The second kappa shape index (κ2) is 6.12. The Kier molecular flexibility index (Phi) is 4.79. The van der Waals surface area contributed by atoms with Crippen LogP contribution in [0, 0.1) is 0 Å². The normalized spacial score (nSPS) is 11.4. The number of primary sulfonamides is 1. The minimum Gasteiger partial charge on any atom is -0.478 e. The molecule has 0 aliphatic carbocycles. The van der Waals surface area contributed by atoms with Gasteiger partial charge in [0.25, 0.3) is 0 Å². The maximum Gasteiger partial charge on any atom is 0.328 e. The summed E-state index contributed by atoms with van der Waals surface area (Å²) in [6.45, 7) is 0.147. The monoisotopic (exact) mass is 284 g/mol. The molecule has 1 amide bonds. The van der Waals surface area contributed by atoms with Gasteiger partial charge in [0.15, 0.2) is 0 Å². The first-order valence-corrected chi connectivity index (χ1v) is 6.64. The molecule has 8 heteroatoms. The van der Waals surface area contributed by atoms with Gasteiger partial charge in [0.1, 0.15) is 0 Å². The first-order valence-electron chi connectivity index (χ1n) is 5.09. The van der Waals surface area contributed by atoms with E-state index in [0.29, 0.717) is 5.56 Å². The van der Waals surface area contributed by atoms with E-state index in [1.165, 1.54) is 24.3 Å². The Labute approximate surface area is 109 Å². The second-order valence-electron chi connectivity index (χ2n) is 3.58. The van der Waals surface area contributed by atoms with E-state index in [1.54, 1.807) is 0 Å². The van der Waals surface area contributed by atoms with Gasteiger partial charge in [-0.2, -0.15) is 0 Å². The Balaban J connectivity index is 2.60. The number of carbonyl (C=O) groups excluding carboxylic acids is 1. The van der Waals surface area contributed by atoms with Crippen LogP contribution in [0.15, 0.2) is 41.3 Å². The lowest BCUT2D eigenvalue weighted by molar-refractivity contribution is -0.131. The molecule has 0 saturated heterocycles. The van der Waals surface area contributed by atoms with E-state index in [4.69, 9.17) is 10.2 Å². The highest BCUT2D eigenvalue weighted by molar-refractivity contribution is 7.89. The van der Waals surface area contributed by atoms with Crippen molar-refractivity contribution in [2.75, 3.05) is 0 Å². The number of aliphatic carboxylic acids is 1. The summed E-state index contributed by atoms with van der Waals surface area (Å²) in [7, 11) is -3.73. The van der Waals surface area contributed by atoms with Gasteiger partial charge >= 0.3 is 5.97 Å². The average molecular weight is 284 g/mol. The molecular weight excluding hydrogens is 272 g/mol. The zero-order valence-corrected chi connectivity index (χ0v) is 10.6. The molecule has 4 N–H and O–H groups in total. The lowest BCUT2D eigenvalue weighted by Gasteiger charge is -2.03. The quantitative estimate of drug-likeness (QED) is 0.633. The zero-order chi connectivity index (χ0) is 14.5. The Morgan fingerprint density at radius 2 is 1.79 bits per heavy atom. The minimum atomic E-state index is -3.73. The molecule has 0 atom stereocenters. The fourth-order valence-electron chi connectivity index (χ4n) is 1.19. The van der Waals surface area contributed by atoms with Gasteiger partial charge < -0.3 is 10.4 Å². The fraction of sp³-hybridized carbons (Fsp3) is 0.0909. The van der Waals surface area contributed by atoms with Crippen LogP contribution in [0.2, 0.25) is 0 Å². The standard InChI is InChI=1S/C11H12N2O5S/c12-19(17,18)9-3-1-8(2-4-9)7-13-10(14)5-6-11(15)16/h1-6H,7H2,(H,13,14)(H,15,16)(H2,12,17,18)/b6-5-. The van der Waals surface area contributed by atoms with Gasteiger partial charge in [0.2, 0.25) is 15.9 Å². The molecule has 19 heavy (non-hydrogen) atoms. The molecule has 0 bridgehead atoms. The van der Waals surface area contributed by atoms with Crippen LogP contribution in [0.25, 0.3) is 0 Å². The molecule has 1 aromatic carbocycles. The molecule has 0 saturated carbocycles. The predicted molar refractivity (Wildman–Crippen MR) is 66.4 cm³/mol. The summed E-state index contributed by atoms with van der Waals surface area (Å²) >= 11 is 0. The molecule has 0 unspecified atom stereocenters. The number of amides is 1. The fourth-order valence-corrected chi connectivity index (χ4v) is 1.71. The molecule has 0 aromatic heterocycles. The molecule has 0 radical (unpaired) electrons. The van der Waals surface area contributed by atoms with Gasteiger partial charge in [-0.05, 0) is 17.7 Å². The number of hydrogen-bond acceptors (Lipinski definition) is 4. The Morgan fingerprint density at radius 3 is 2.26 bits per heavy atom. The first-order chi connectivity index (χ1) is 8.79. The maximum atomic E-state index is 11.2. The van der Waals surface area contributed by atoms with Crippen molar-refractivity contribution >= 4 is 21.9 Å².